The molecule has 2 atom stereocenters. The zero-order chi connectivity index (χ0) is 14.8. The summed E-state index contributed by atoms with van der Waals surface area (Å²) in [6, 6.07) is 9.73. The van der Waals surface area contributed by atoms with Gasteiger partial charge in [0.15, 0.2) is 0 Å². The summed E-state index contributed by atoms with van der Waals surface area (Å²) in [7, 11) is 1.97. The predicted octanol–water partition coefficient (Wildman–Crippen LogP) is 2.50. The average molecular weight is 287 g/mol. The van der Waals surface area contributed by atoms with Crippen molar-refractivity contribution in [1.82, 2.24) is 15.1 Å². The molecule has 1 aromatic carbocycles. The Bertz CT molecular complexity index is 580. The lowest BCUT2D eigenvalue weighted by atomic mass is 10.2. The summed E-state index contributed by atoms with van der Waals surface area (Å²) < 4.78 is 5.76. The maximum Gasteiger partial charge on any atom is 0.247 e. The summed E-state index contributed by atoms with van der Waals surface area (Å²) in [6.07, 6.45) is 2.03. The topological polar surface area (TPSA) is 62.4 Å². The van der Waals surface area contributed by atoms with Crippen molar-refractivity contribution in [3.05, 3.63) is 36.2 Å². The second-order valence-electron chi connectivity index (χ2n) is 5.83. The van der Waals surface area contributed by atoms with Gasteiger partial charge in [-0.2, -0.15) is 0 Å². The lowest BCUT2D eigenvalue weighted by molar-refractivity contribution is 0.0852. The van der Waals surface area contributed by atoms with E-state index in [1.54, 1.807) is 0 Å². The molecule has 1 aliphatic rings. The van der Waals surface area contributed by atoms with Crippen LogP contribution in [0.25, 0.3) is 11.5 Å². The molecule has 5 nitrogen and oxygen atoms in total. The molecule has 0 saturated heterocycles. The number of rotatable bonds is 6. The van der Waals surface area contributed by atoms with Crippen LogP contribution in [0.1, 0.15) is 31.7 Å². The Morgan fingerprint density at radius 2 is 2.00 bits per heavy atom. The molecule has 0 amide bonds. The van der Waals surface area contributed by atoms with Gasteiger partial charge in [0, 0.05) is 12.1 Å². The van der Waals surface area contributed by atoms with Crippen LogP contribution in [0.2, 0.25) is 0 Å². The lowest BCUT2D eigenvalue weighted by Gasteiger charge is -2.24. The Labute approximate surface area is 124 Å². The van der Waals surface area contributed by atoms with Crippen molar-refractivity contribution in [2.45, 2.75) is 31.9 Å². The molecule has 21 heavy (non-hydrogen) atoms. The van der Waals surface area contributed by atoms with E-state index in [0.29, 0.717) is 24.2 Å². The van der Waals surface area contributed by atoms with Gasteiger partial charge in [0.2, 0.25) is 11.8 Å². The minimum absolute atomic E-state index is 0.0108. The number of benzene rings is 1. The van der Waals surface area contributed by atoms with Crippen LogP contribution in [-0.4, -0.2) is 39.9 Å². The highest BCUT2D eigenvalue weighted by atomic mass is 16.4. The third kappa shape index (κ3) is 3.31. The molecule has 1 aliphatic carbocycles. The zero-order valence-electron chi connectivity index (χ0n) is 12.4. The standard InChI is InChI=1S/C16H21N3O2/c1-11(19(2)10-14(20)12-8-9-12)15-17-18-16(21-15)13-6-4-3-5-7-13/h3-7,11-12,14,20H,8-10H2,1-2H3. The second-order valence-corrected chi connectivity index (χ2v) is 5.83. The normalized spacial score (nSPS) is 17.9. The van der Waals surface area contributed by atoms with E-state index in [-0.39, 0.29) is 12.1 Å². The van der Waals surface area contributed by atoms with Crippen molar-refractivity contribution in [3.63, 3.8) is 0 Å². The maximum atomic E-state index is 10.0. The molecule has 1 heterocycles. The van der Waals surface area contributed by atoms with Crippen LogP contribution in [0.3, 0.4) is 0 Å². The minimum Gasteiger partial charge on any atom is -0.419 e. The molecular formula is C16H21N3O2. The third-order valence-corrected chi connectivity index (χ3v) is 4.12. The van der Waals surface area contributed by atoms with Crippen LogP contribution in [0, 0.1) is 5.92 Å². The number of hydrogen-bond acceptors (Lipinski definition) is 5. The molecular weight excluding hydrogens is 266 g/mol. The lowest BCUT2D eigenvalue weighted by Crippen LogP contribution is -2.32. The largest absolute Gasteiger partial charge is 0.419 e. The molecule has 0 spiro atoms. The predicted molar refractivity (Wildman–Crippen MR) is 79.5 cm³/mol. The molecule has 1 aromatic heterocycles. The monoisotopic (exact) mass is 287 g/mol. The SMILES string of the molecule is CC(c1nnc(-c2ccccc2)o1)N(C)CC(O)C1CC1. The van der Waals surface area contributed by atoms with E-state index in [9.17, 15) is 5.11 Å². The summed E-state index contributed by atoms with van der Waals surface area (Å²) in [5.41, 5.74) is 0.920. The van der Waals surface area contributed by atoms with Gasteiger partial charge in [-0.3, -0.25) is 4.90 Å². The van der Waals surface area contributed by atoms with E-state index < -0.39 is 0 Å². The molecule has 5 heteroatoms. The van der Waals surface area contributed by atoms with Crippen molar-refractivity contribution >= 4 is 0 Å². The highest BCUT2D eigenvalue weighted by molar-refractivity contribution is 5.51. The zero-order valence-corrected chi connectivity index (χ0v) is 12.4. The van der Waals surface area contributed by atoms with E-state index in [0.717, 1.165) is 18.4 Å². The first-order valence-electron chi connectivity index (χ1n) is 7.42. The second kappa shape index (κ2) is 5.95. The van der Waals surface area contributed by atoms with E-state index >= 15 is 0 Å². The number of aliphatic hydroxyl groups excluding tert-OH is 1. The Morgan fingerprint density at radius 3 is 2.67 bits per heavy atom. The van der Waals surface area contributed by atoms with Crippen molar-refractivity contribution < 1.29 is 9.52 Å². The highest BCUT2D eigenvalue weighted by Gasteiger charge is 2.31. The average Bonchev–Trinajstić information content (AvgIpc) is 3.25. The molecule has 0 radical (unpaired) electrons. The van der Waals surface area contributed by atoms with Crippen LogP contribution in [0.4, 0.5) is 0 Å². The summed E-state index contributed by atoms with van der Waals surface area (Å²) >= 11 is 0. The van der Waals surface area contributed by atoms with Gasteiger partial charge < -0.3 is 9.52 Å². The Kier molecular flexibility index (Phi) is 4.03. The molecule has 112 valence electrons. The van der Waals surface area contributed by atoms with Crippen LogP contribution >= 0.6 is 0 Å². The fourth-order valence-corrected chi connectivity index (χ4v) is 2.37. The van der Waals surface area contributed by atoms with Crippen molar-refractivity contribution in [2.24, 2.45) is 5.92 Å². The van der Waals surface area contributed by atoms with E-state index in [1.807, 2.05) is 44.3 Å². The molecule has 0 aliphatic heterocycles. The number of nitrogens with zero attached hydrogens (tertiary/aromatic N) is 3. The van der Waals surface area contributed by atoms with Gasteiger partial charge in [-0.25, -0.2) is 0 Å². The smallest absolute Gasteiger partial charge is 0.247 e. The van der Waals surface area contributed by atoms with Crippen LogP contribution < -0.4 is 0 Å². The Morgan fingerprint density at radius 1 is 1.29 bits per heavy atom. The fraction of sp³-hybridized carbons (Fsp3) is 0.500. The first-order chi connectivity index (χ1) is 10.1. The quantitative estimate of drug-likeness (QED) is 0.884. The van der Waals surface area contributed by atoms with E-state index in [2.05, 4.69) is 15.1 Å². The van der Waals surface area contributed by atoms with Gasteiger partial charge in [0.25, 0.3) is 0 Å². The molecule has 2 unspecified atom stereocenters. The Balaban J connectivity index is 1.67. The van der Waals surface area contributed by atoms with Gasteiger partial charge in [0.1, 0.15) is 0 Å². The van der Waals surface area contributed by atoms with Crippen LogP contribution in [0.5, 0.6) is 0 Å². The van der Waals surface area contributed by atoms with Crippen molar-refractivity contribution in [2.75, 3.05) is 13.6 Å². The number of aromatic nitrogens is 2. The van der Waals surface area contributed by atoms with Gasteiger partial charge >= 0.3 is 0 Å². The maximum absolute atomic E-state index is 10.0. The van der Waals surface area contributed by atoms with Crippen molar-refractivity contribution in [1.29, 1.82) is 0 Å². The van der Waals surface area contributed by atoms with Gasteiger partial charge in [-0.1, -0.05) is 18.2 Å². The van der Waals surface area contributed by atoms with Crippen LogP contribution in [-0.2, 0) is 0 Å². The van der Waals surface area contributed by atoms with Crippen LogP contribution in [0.15, 0.2) is 34.7 Å². The molecule has 1 N–H and O–H groups in total. The first-order valence-corrected chi connectivity index (χ1v) is 7.42. The summed E-state index contributed by atoms with van der Waals surface area (Å²) in [4.78, 5) is 2.06. The van der Waals surface area contributed by atoms with Gasteiger partial charge in [0.05, 0.1) is 12.1 Å². The molecule has 3 rings (SSSR count). The van der Waals surface area contributed by atoms with Gasteiger partial charge in [-0.15, -0.1) is 10.2 Å². The van der Waals surface area contributed by atoms with Crippen molar-refractivity contribution in [3.8, 4) is 11.5 Å². The molecule has 1 fully saturated rings. The highest BCUT2D eigenvalue weighted by Crippen LogP contribution is 2.33. The minimum atomic E-state index is -0.256. The summed E-state index contributed by atoms with van der Waals surface area (Å²) in [5.74, 6) is 1.59. The Hall–Kier alpha value is -1.72. The molecule has 1 saturated carbocycles. The fourth-order valence-electron chi connectivity index (χ4n) is 2.37. The van der Waals surface area contributed by atoms with Gasteiger partial charge in [-0.05, 0) is 44.9 Å². The summed E-state index contributed by atoms with van der Waals surface area (Å²) in [6.45, 7) is 2.65. The molecule has 2 aromatic rings. The first kappa shape index (κ1) is 14.2. The number of likely N-dealkylation sites (N-methyl/N-ethyl adjacent to an activating group) is 1. The molecule has 0 bridgehead atoms. The van der Waals surface area contributed by atoms with E-state index in [4.69, 9.17) is 4.42 Å². The summed E-state index contributed by atoms with van der Waals surface area (Å²) in [5, 5.41) is 18.3. The van der Waals surface area contributed by atoms with E-state index in [1.165, 1.54) is 0 Å². The third-order valence-electron chi connectivity index (χ3n) is 4.12. The number of aliphatic hydroxyl groups is 1. The number of hydrogen-bond donors (Lipinski definition) is 1.